The number of rotatable bonds is 1. The van der Waals surface area contributed by atoms with Crippen LogP contribution >= 0.6 is 12.6 Å². The van der Waals surface area contributed by atoms with Crippen LogP contribution in [0.15, 0.2) is 0 Å². The second kappa shape index (κ2) is 2.74. The van der Waals surface area contributed by atoms with Gasteiger partial charge in [-0.25, -0.2) is 0 Å². The Labute approximate surface area is 56.3 Å². The lowest BCUT2D eigenvalue weighted by Gasteiger charge is -2.02. The summed E-state index contributed by atoms with van der Waals surface area (Å²) in [5.41, 5.74) is 0. The molecule has 0 saturated carbocycles. The van der Waals surface area contributed by atoms with Gasteiger partial charge in [-0.2, -0.15) is 12.6 Å². The van der Waals surface area contributed by atoms with Crippen LogP contribution in [0.5, 0.6) is 0 Å². The van der Waals surface area contributed by atoms with Crippen molar-refractivity contribution in [1.29, 1.82) is 0 Å². The van der Waals surface area contributed by atoms with Gasteiger partial charge >= 0.3 is 0 Å². The maximum atomic E-state index is 4.34. The molecule has 0 radical (unpaired) electrons. The van der Waals surface area contributed by atoms with E-state index in [-0.39, 0.29) is 0 Å². The third kappa shape index (κ3) is 1.39. The Morgan fingerprint density at radius 3 is 2.75 bits per heavy atom. The van der Waals surface area contributed by atoms with Crippen molar-refractivity contribution >= 4 is 12.6 Å². The van der Waals surface area contributed by atoms with Crippen molar-refractivity contribution in [3.8, 4) is 0 Å². The molecule has 0 aromatic rings. The van der Waals surface area contributed by atoms with Gasteiger partial charge in [0.15, 0.2) is 0 Å². The first-order valence-corrected chi connectivity index (χ1v) is 3.76. The maximum absolute atomic E-state index is 4.34. The van der Waals surface area contributed by atoms with E-state index < -0.39 is 0 Å². The highest BCUT2D eigenvalue weighted by molar-refractivity contribution is 7.81. The molecule has 2 atom stereocenters. The zero-order valence-corrected chi connectivity index (χ0v) is 6.12. The number of thiol groups is 1. The highest BCUT2D eigenvalue weighted by Crippen LogP contribution is 2.13. The van der Waals surface area contributed by atoms with E-state index in [0.717, 1.165) is 12.6 Å². The Bertz CT molecular complexity index is 74.9. The third-order valence-corrected chi connectivity index (χ3v) is 2.08. The highest BCUT2D eigenvalue weighted by Gasteiger charge is 2.18. The van der Waals surface area contributed by atoms with Crippen molar-refractivity contribution in [2.45, 2.75) is 31.1 Å². The van der Waals surface area contributed by atoms with Crippen molar-refractivity contribution in [3.05, 3.63) is 0 Å². The molecule has 1 nitrogen and oxygen atoms in total. The standard InChI is InChI=1S/C6H13NS/c1-2-5-3-6(8)4-7-5/h5-8H,2-4H2,1H3. The first-order chi connectivity index (χ1) is 3.83. The van der Waals surface area contributed by atoms with Gasteiger partial charge in [0.2, 0.25) is 0 Å². The summed E-state index contributed by atoms with van der Waals surface area (Å²) in [7, 11) is 0. The fraction of sp³-hybridized carbons (Fsp3) is 1.00. The van der Waals surface area contributed by atoms with E-state index in [1.54, 1.807) is 0 Å². The van der Waals surface area contributed by atoms with E-state index in [1.165, 1.54) is 12.8 Å². The van der Waals surface area contributed by atoms with E-state index in [0.29, 0.717) is 5.25 Å². The molecular formula is C6H13NS. The van der Waals surface area contributed by atoms with Crippen molar-refractivity contribution in [2.75, 3.05) is 6.54 Å². The predicted octanol–water partition coefficient (Wildman–Crippen LogP) is 1.06. The van der Waals surface area contributed by atoms with Gasteiger partial charge in [0.25, 0.3) is 0 Å². The molecule has 1 saturated heterocycles. The van der Waals surface area contributed by atoms with Gasteiger partial charge in [-0.1, -0.05) is 6.92 Å². The summed E-state index contributed by atoms with van der Waals surface area (Å²) in [6, 6.07) is 0.748. The summed E-state index contributed by atoms with van der Waals surface area (Å²) in [5, 5.41) is 3.99. The zero-order chi connectivity index (χ0) is 5.98. The van der Waals surface area contributed by atoms with Crippen LogP contribution in [0.2, 0.25) is 0 Å². The summed E-state index contributed by atoms with van der Waals surface area (Å²) < 4.78 is 0. The Morgan fingerprint density at radius 2 is 2.50 bits per heavy atom. The molecule has 0 aromatic carbocycles. The van der Waals surface area contributed by atoms with Gasteiger partial charge in [0, 0.05) is 17.8 Å². The smallest absolute Gasteiger partial charge is 0.0157 e. The van der Waals surface area contributed by atoms with Crippen LogP contribution in [0, 0.1) is 0 Å². The molecule has 2 unspecified atom stereocenters. The lowest BCUT2D eigenvalue weighted by Crippen LogP contribution is -2.19. The predicted molar refractivity (Wildman–Crippen MR) is 39.5 cm³/mol. The lowest BCUT2D eigenvalue weighted by molar-refractivity contribution is 0.588. The van der Waals surface area contributed by atoms with Crippen molar-refractivity contribution in [2.24, 2.45) is 0 Å². The largest absolute Gasteiger partial charge is 0.313 e. The fourth-order valence-corrected chi connectivity index (χ4v) is 1.47. The number of hydrogen-bond acceptors (Lipinski definition) is 2. The van der Waals surface area contributed by atoms with Gasteiger partial charge in [0.1, 0.15) is 0 Å². The minimum atomic E-state index is 0.611. The summed E-state index contributed by atoms with van der Waals surface area (Å²) in [4.78, 5) is 0. The van der Waals surface area contributed by atoms with E-state index in [2.05, 4.69) is 24.9 Å². The molecule has 2 heteroatoms. The molecule has 0 amide bonds. The Balaban J connectivity index is 2.22. The highest BCUT2D eigenvalue weighted by atomic mass is 32.1. The minimum absolute atomic E-state index is 0.611. The summed E-state index contributed by atoms with van der Waals surface area (Å²) in [6.45, 7) is 3.31. The van der Waals surface area contributed by atoms with Crippen LogP contribution in [-0.4, -0.2) is 17.8 Å². The van der Waals surface area contributed by atoms with Crippen LogP contribution in [0.3, 0.4) is 0 Å². The third-order valence-electron chi connectivity index (χ3n) is 1.69. The molecular weight excluding hydrogens is 118 g/mol. The molecule has 48 valence electrons. The Morgan fingerprint density at radius 1 is 1.75 bits per heavy atom. The van der Waals surface area contributed by atoms with Crippen LogP contribution in [0.25, 0.3) is 0 Å². The second-order valence-electron chi connectivity index (χ2n) is 2.40. The molecule has 1 N–H and O–H groups in total. The molecule has 1 fully saturated rings. The van der Waals surface area contributed by atoms with E-state index in [9.17, 15) is 0 Å². The molecule has 1 heterocycles. The van der Waals surface area contributed by atoms with Gasteiger partial charge in [0.05, 0.1) is 0 Å². The van der Waals surface area contributed by atoms with Crippen molar-refractivity contribution in [3.63, 3.8) is 0 Å². The first kappa shape index (κ1) is 6.43. The molecule has 1 aliphatic rings. The van der Waals surface area contributed by atoms with Crippen LogP contribution in [0.1, 0.15) is 19.8 Å². The van der Waals surface area contributed by atoms with Gasteiger partial charge in [-0.15, -0.1) is 0 Å². The average Bonchev–Trinajstić information content (AvgIpc) is 2.14. The second-order valence-corrected chi connectivity index (χ2v) is 3.13. The average molecular weight is 131 g/mol. The summed E-state index contributed by atoms with van der Waals surface area (Å²) >= 11 is 4.34. The van der Waals surface area contributed by atoms with Gasteiger partial charge in [-0.3, -0.25) is 0 Å². The van der Waals surface area contributed by atoms with Crippen molar-refractivity contribution < 1.29 is 0 Å². The fourth-order valence-electron chi connectivity index (χ4n) is 1.11. The molecule has 1 rings (SSSR count). The SMILES string of the molecule is CCC1CC(S)CN1. The molecule has 0 aliphatic carbocycles. The topological polar surface area (TPSA) is 12.0 Å². The van der Waals surface area contributed by atoms with E-state index in [1.807, 2.05) is 0 Å². The lowest BCUT2D eigenvalue weighted by atomic mass is 10.2. The Kier molecular flexibility index (Phi) is 2.20. The van der Waals surface area contributed by atoms with Gasteiger partial charge in [-0.05, 0) is 12.8 Å². The zero-order valence-electron chi connectivity index (χ0n) is 5.22. The van der Waals surface area contributed by atoms with Crippen molar-refractivity contribution in [1.82, 2.24) is 5.32 Å². The van der Waals surface area contributed by atoms with Crippen LogP contribution in [0.4, 0.5) is 0 Å². The maximum Gasteiger partial charge on any atom is 0.0157 e. The van der Waals surface area contributed by atoms with E-state index in [4.69, 9.17) is 0 Å². The molecule has 0 spiro atoms. The monoisotopic (exact) mass is 131 g/mol. The summed E-state index contributed by atoms with van der Waals surface area (Å²) in [6.07, 6.45) is 2.50. The number of nitrogens with one attached hydrogen (secondary N) is 1. The first-order valence-electron chi connectivity index (χ1n) is 3.24. The van der Waals surface area contributed by atoms with E-state index >= 15 is 0 Å². The minimum Gasteiger partial charge on any atom is -0.313 e. The Hall–Kier alpha value is 0.310. The normalized spacial score (nSPS) is 38.2. The molecule has 1 aliphatic heterocycles. The number of hydrogen-bond donors (Lipinski definition) is 2. The summed E-state index contributed by atoms with van der Waals surface area (Å²) in [5.74, 6) is 0. The quantitative estimate of drug-likeness (QED) is 0.507. The van der Waals surface area contributed by atoms with Gasteiger partial charge < -0.3 is 5.32 Å². The van der Waals surface area contributed by atoms with Crippen LogP contribution in [-0.2, 0) is 0 Å². The van der Waals surface area contributed by atoms with Crippen LogP contribution < -0.4 is 5.32 Å². The molecule has 0 bridgehead atoms. The molecule has 0 aromatic heterocycles. The molecule has 8 heavy (non-hydrogen) atoms.